The van der Waals surface area contributed by atoms with Gasteiger partial charge in [0.15, 0.2) is 6.29 Å². The van der Waals surface area contributed by atoms with Gasteiger partial charge in [0.25, 0.3) is 0 Å². The fourth-order valence-corrected chi connectivity index (χ4v) is 10.5. The van der Waals surface area contributed by atoms with Crippen LogP contribution in [0, 0.1) is 41.4 Å². The second-order valence-corrected chi connectivity index (χ2v) is 24.2. The number of aliphatic hydroxyl groups is 17. The number of carbonyl (C=O) groups excluding carboxylic acids is 1. The van der Waals surface area contributed by atoms with Gasteiger partial charge in [-0.25, -0.2) is 4.79 Å². The van der Waals surface area contributed by atoms with E-state index in [1.807, 2.05) is 13.0 Å². The lowest BCUT2D eigenvalue weighted by Gasteiger charge is -2.41. The fourth-order valence-electron chi connectivity index (χ4n) is 10.5. The number of rotatable bonds is 8. The van der Waals surface area contributed by atoms with Gasteiger partial charge in [0.2, 0.25) is 0 Å². The van der Waals surface area contributed by atoms with Crippen molar-refractivity contribution in [3.05, 3.63) is 59.8 Å². The first-order chi connectivity index (χ1) is 38.9. The Morgan fingerprint density at radius 2 is 1.22 bits per heavy atom. The third-order valence-electron chi connectivity index (χ3n) is 17.0. The van der Waals surface area contributed by atoms with Crippen LogP contribution in [-0.2, 0) is 19.0 Å². The molecule has 0 bridgehead atoms. The van der Waals surface area contributed by atoms with Crippen molar-refractivity contribution in [1.82, 2.24) is 0 Å². The molecule has 25 unspecified atom stereocenters. The maximum Gasteiger partial charge on any atom is 0.333 e. The Morgan fingerprint density at radius 3 is 1.81 bits per heavy atom. The minimum Gasteiger partial charge on any atom is -0.458 e. The highest BCUT2D eigenvalue weighted by atomic mass is 16.7. The van der Waals surface area contributed by atoms with Crippen molar-refractivity contribution in [3.63, 3.8) is 0 Å². The van der Waals surface area contributed by atoms with Crippen molar-refractivity contribution in [2.24, 2.45) is 47.2 Å². The van der Waals surface area contributed by atoms with E-state index in [0.717, 1.165) is 0 Å². The van der Waals surface area contributed by atoms with Gasteiger partial charge in [-0.2, -0.15) is 0 Å². The van der Waals surface area contributed by atoms with E-state index in [1.165, 1.54) is 39.0 Å². The fraction of sp³-hybridized carbons (Fsp3) is 0.820. The highest BCUT2D eigenvalue weighted by Gasteiger charge is 2.46. The molecule has 484 valence electrons. The number of carbonyl (C=O) groups is 1. The van der Waals surface area contributed by atoms with Crippen molar-refractivity contribution in [1.29, 1.82) is 0 Å². The minimum atomic E-state index is -1.88. The molecule has 1 saturated heterocycles. The zero-order valence-corrected chi connectivity index (χ0v) is 50.4. The van der Waals surface area contributed by atoms with Crippen molar-refractivity contribution in [3.8, 4) is 0 Å². The van der Waals surface area contributed by atoms with E-state index in [4.69, 9.17) is 19.9 Å². The average Bonchev–Trinajstić information content (AvgIpc) is 3.63. The quantitative estimate of drug-likeness (QED) is 0.116. The molecule has 22 heteroatoms. The number of aliphatic hydroxyl groups excluding tert-OH is 17. The first-order valence-corrected chi connectivity index (χ1v) is 29.9. The first kappa shape index (κ1) is 76.5. The molecule has 0 aliphatic carbocycles. The number of hydrogen-bond donors (Lipinski definition) is 18. The molecule has 0 saturated carbocycles. The molecule has 83 heavy (non-hydrogen) atoms. The number of esters is 1. The van der Waals surface area contributed by atoms with Gasteiger partial charge in [0.05, 0.1) is 86.0 Å². The predicted molar refractivity (Wildman–Crippen MR) is 310 cm³/mol. The van der Waals surface area contributed by atoms with Gasteiger partial charge in [0, 0.05) is 60.3 Å². The van der Waals surface area contributed by atoms with Gasteiger partial charge in [-0.15, -0.1) is 0 Å². The van der Waals surface area contributed by atoms with E-state index in [9.17, 15) is 91.6 Å². The number of hydrogen-bond acceptors (Lipinski definition) is 22. The Kier molecular flexibility index (Phi) is 35.6. The van der Waals surface area contributed by atoms with Gasteiger partial charge in [-0.05, 0) is 89.7 Å². The average molecular weight is 1190 g/mol. The van der Waals surface area contributed by atoms with Crippen LogP contribution in [0.4, 0.5) is 0 Å². The Labute approximate surface area is 492 Å². The number of nitrogens with two attached hydrogens (primary N) is 1. The Bertz CT molecular complexity index is 1960. The van der Waals surface area contributed by atoms with Crippen molar-refractivity contribution < 1.29 is 106 Å². The first-order valence-electron chi connectivity index (χ1n) is 29.9. The summed E-state index contributed by atoms with van der Waals surface area (Å²) in [6.45, 7) is 14.5. The van der Waals surface area contributed by atoms with E-state index in [-0.39, 0.29) is 37.2 Å². The Morgan fingerprint density at radius 1 is 0.639 bits per heavy atom. The largest absolute Gasteiger partial charge is 0.458 e. The molecule has 0 aromatic heterocycles. The maximum absolute atomic E-state index is 13.4. The molecule has 27 atom stereocenters. The third-order valence-corrected chi connectivity index (χ3v) is 17.0. The summed E-state index contributed by atoms with van der Waals surface area (Å²) in [5.41, 5.74) is 6.22. The topological polar surface area (TPSA) is 415 Å². The van der Waals surface area contributed by atoms with Crippen LogP contribution in [0.25, 0.3) is 0 Å². The van der Waals surface area contributed by atoms with E-state index < -0.39 is 183 Å². The second-order valence-electron chi connectivity index (χ2n) is 24.2. The number of cyclic esters (lactones) is 1. The highest BCUT2D eigenvalue weighted by molar-refractivity contribution is 5.87. The Hall–Kier alpha value is -2.63. The Balaban J connectivity index is 2.45. The lowest BCUT2D eigenvalue weighted by atomic mass is 9.82. The lowest BCUT2D eigenvalue weighted by Crippen LogP contribution is -2.60. The summed E-state index contributed by atoms with van der Waals surface area (Å²) in [6, 6.07) is 0. The molecule has 0 aromatic rings. The van der Waals surface area contributed by atoms with Crippen molar-refractivity contribution >= 4 is 5.97 Å². The molecular weight excluding hydrogens is 1080 g/mol. The van der Waals surface area contributed by atoms with Crippen LogP contribution in [0.5, 0.6) is 0 Å². The molecule has 0 amide bonds. The summed E-state index contributed by atoms with van der Waals surface area (Å²) < 4.78 is 17.4. The van der Waals surface area contributed by atoms with Crippen molar-refractivity contribution in [2.75, 3.05) is 13.2 Å². The molecule has 2 aliphatic rings. The zero-order valence-electron chi connectivity index (χ0n) is 50.4. The summed E-state index contributed by atoms with van der Waals surface area (Å²) in [5, 5.41) is 186. The smallest absolute Gasteiger partial charge is 0.333 e. The summed E-state index contributed by atoms with van der Waals surface area (Å²) >= 11 is 0. The molecule has 22 nitrogen and oxygen atoms in total. The monoisotopic (exact) mass is 1190 g/mol. The van der Waals surface area contributed by atoms with Gasteiger partial charge < -0.3 is 107 Å². The summed E-state index contributed by atoms with van der Waals surface area (Å²) in [5.74, 6) is -4.84. The van der Waals surface area contributed by atoms with E-state index in [2.05, 4.69) is 0 Å². The minimum absolute atomic E-state index is 0.0959. The molecule has 1 fully saturated rings. The van der Waals surface area contributed by atoms with E-state index >= 15 is 0 Å². The van der Waals surface area contributed by atoms with Gasteiger partial charge in [0.1, 0.15) is 36.6 Å². The molecule has 19 N–H and O–H groups in total. The molecule has 0 aromatic carbocycles. The predicted octanol–water partition coefficient (Wildman–Crippen LogP) is 0.442. The van der Waals surface area contributed by atoms with Crippen LogP contribution in [0.3, 0.4) is 0 Å². The second kappa shape index (κ2) is 38.6. The number of ether oxygens (including phenoxy) is 3. The van der Waals surface area contributed by atoms with Gasteiger partial charge in [-0.3, -0.25) is 0 Å². The van der Waals surface area contributed by atoms with Crippen molar-refractivity contribution in [2.45, 2.75) is 262 Å². The normalized spacial score (nSPS) is 41.8. The molecular formula is C61H109NO21. The van der Waals surface area contributed by atoms with Crippen LogP contribution >= 0.6 is 0 Å². The van der Waals surface area contributed by atoms with E-state index in [0.29, 0.717) is 50.6 Å². The van der Waals surface area contributed by atoms with Crippen LogP contribution in [0.2, 0.25) is 0 Å². The van der Waals surface area contributed by atoms with Crippen LogP contribution < -0.4 is 5.73 Å². The number of allylic oxidation sites excluding steroid dienone is 2. The maximum atomic E-state index is 13.4. The summed E-state index contributed by atoms with van der Waals surface area (Å²) in [6.07, 6.45) is -13.2. The summed E-state index contributed by atoms with van der Waals surface area (Å²) in [4.78, 5) is 13.4. The van der Waals surface area contributed by atoms with Crippen LogP contribution in [0.1, 0.15) is 139 Å². The lowest BCUT2D eigenvalue weighted by molar-refractivity contribution is -0.313. The third kappa shape index (κ3) is 25.9. The summed E-state index contributed by atoms with van der Waals surface area (Å²) in [7, 11) is 0. The SMILES string of the molecule is CC1=CCCC(C)C(O)C(C)C(O)CCC=CC(C)C(O)C=CC(C)C(O)C(C)=CC(O[C@@H]2OC(CO)[C@@H](O)C(O)C2O)C(O)CC(O)CC(O)CC(O)C(C)C(O)C(C)C(O)CC(O)CC(O)C=CCC(C(C)C(O)CCCN)OC1=O. The molecule has 0 spiro atoms. The highest BCUT2D eigenvalue weighted by Crippen LogP contribution is 2.30. The molecule has 2 heterocycles. The van der Waals surface area contributed by atoms with Gasteiger partial charge >= 0.3 is 5.97 Å². The standard InChI is InChI=1S/C61H109NO21/c1-32-15-10-11-19-47(70)38(7)55(75)33(2)16-12-17-35(4)60(80)81-51(37(6)46(69)20-14-24-62)21-13-18-41(64)26-42(65)28-48(71)39(8)56(76)40(9)49(72)29-43(66)27-44(67)30-50(73)52(25-36(5)54(74)34(3)22-23-45(32)68)82-61-59(79)58(78)57(77)53(31-63)83-61/h10,13,15,17-18,22-23,25,32-34,37-59,61,63-79H,11-12,14,16,19-21,24,26-31,62H2,1-9H3/t32?,33?,34?,37?,38?,39?,40?,41?,42?,43?,44?,45?,46?,47?,48?,49?,50?,51?,52?,53?,54?,55?,56?,57-,58?,59?,61-/m1/s1. The zero-order chi connectivity index (χ0) is 63.0. The van der Waals surface area contributed by atoms with E-state index in [1.54, 1.807) is 58.9 Å². The van der Waals surface area contributed by atoms with Crippen LogP contribution in [-0.4, -0.2) is 228 Å². The van der Waals surface area contributed by atoms with Gasteiger partial charge in [-0.1, -0.05) is 97.1 Å². The molecule has 2 aliphatic heterocycles. The van der Waals surface area contributed by atoms with Crippen LogP contribution in [0.15, 0.2) is 59.8 Å². The molecule has 0 radical (unpaired) electrons. The molecule has 2 rings (SSSR count).